The Hall–Kier alpha value is -2.01. The minimum Gasteiger partial charge on any atom is -0.491 e. The molecule has 0 aromatic carbocycles. The summed E-state index contributed by atoms with van der Waals surface area (Å²) in [5, 5.41) is 13.7. The quantitative estimate of drug-likeness (QED) is 0.485. The molecule has 130 valence electrons. The van der Waals surface area contributed by atoms with E-state index in [-0.39, 0.29) is 12.6 Å². The first-order chi connectivity index (χ1) is 12.1. The fourth-order valence-electron chi connectivity index (χ4n) is 2.83. The summed E-state index contributed by atoms with van der Waals surface area (Å²) in [5.41, 5.74) is 1.59. The van der Waals surface area contributed by atoms with Crippen molar-refractivity contribution in [2.45, 2.75) is 33.0 Å². The minimum absolute atomic E-state index is 0.114. The Labute approximate surface area is 158 Å². The topological polar surface area (TPSA) is 90.9 Å². The molecule has 3 aromatic heterocycles. The molecule has 25 heavy (non-hydrogen) atoms. The third kappa shape index (κ3) is 2.91. The van der Waals surface area contributed by atoms with Gasteiger partial charge >= 0.3 is 0 Å². The van der Waals surface area contributed by atoms with E-state index < -0.39 is 0 Å². The number of rotatable bonds is 3. The van der Waals surface area contributed by atoms with Crippen LogP contribution in [-0.4, -0.2) is 41.0 Å². The van der Waals surface area contributed by atoms with Crippen molar-refractivity contribution >= 4 is 22.6 Å². The van der Waals surface area contributed by atoms with Crippen molar-refractivity contribution in [2.24, 2.45) is 0 Å². The fourth-order valence-corrected chi connectivity index (χ4v) is 3.25. The highest BCUT2D eigenvalue weighted by atomic mass is 127. The predicted molar refractivity (Wildman–Crippen MR) is 99.0 cm³/mol. The lowest BCUT2D eigenvalue weighted by molar-refractivity contribution is 0.270. The number of ether oxygens (including phenoxy) is 1. The number of pyridine rings is 1. The molecule has 4 rings (SSSR count). The molecule has 0 unspecified atom stereocenters. The van der Waals surface area contributed by atoms with Crippen molar-refractivity contribution in [3.05, 3.63) is 28.0 Å². The number of nitrogens with zero attached hydrogens (tertiary/aromatic N) is 6. The lowest BCUT2D eigenvalue weighted by atomic mass is 10.2. The molecular formula is C16H17IN6O2. The Balaban J connectivity index is 1.86. The van der Waals surface area contributed by atoms with Crippen LogP contribution in [0.1, 0.15) is 25.7 Å². The maximum absolute atomic E-state index is 9.37. The van der Waals surface area contributed by atoms with Gasteiger partial charge in [0, 0.05) is 24.5 Å². The number of aromatic nitrogens is 6. The third-order valence-electron chi connectivity index (χ3n) is 3.97. The second-order valence-electron chi connectivity index (χ2n) is 6.04. The highest BCUT2D eigenvalue weighted by Gasteiger charge is 2.23. The van der Waals surface area contributed by atoms with Crippen molar-refractivity contribution < 1.29 is 9.84 Å². The first-order valence-electron chi connectivity index (χ1n) is 7.99. The van der Waals surface area contributed by atoms with Crippen LogP contribution in [0.25, 0.3) is 22.9 Å². The molecule has 0 spiro atoms. The van der Waals surface area contributed by atoms with Crippen LogP contribution in [0.4, 0.5) is 0 Å². The van der Waals surface area contributed by atoms with E-state index in [1.54, 1.807) is 10.9 Å². The summed E-state index contributed by atoms with van der Waals surface area (Å²) in [7, 11) is 0. The van der Waals surface area contributed by atoms with Gasteiger partial charge in [-0.05, 0) is 36.4 Å². The van der Waals surface area contributed by atoms with Gasteiger partial charge in [-0.1, -0.05) is 0 Å². The Morgan fingerprint density at radius 1 is 1.32 bits per heavy atom. The van der Waals surface area contributed by atoms with Gasteiger partial charge < -0.3 is 14.4 Å². The van der Waals surface area contributed by atoms with Crippen molar-refractivity contribution in [3.63, 3.8) is 0 Å². The van der Waals surface area contributed by atoms with Gasteiger partial charge in [0.1, 0.15) is 34.2 Å². The molecule has 8 nitrogen and oxygen atoms in total. The van der Waals surface area contributed by atoms with E-state index >= 15 is 0 Å². The van der Waals surface area contributed by atoms with Crippen molar-refractivity contribution in [1.29, 1.82) is 0 Å². The van der Waals surface area contributed by atoms with Gasteiger partial charge in [0.25, 0.3) is 0 Å². The maximum Gasteiger partial charge on any atom is 0.179 e. The van der Waals surface area contributed by atoms with Crippen LogP contribution in [-0.2, 0) is 13.2 Å². The molecule has 1 N–H and O–H groups in total. The lowest BCUT2D eigenvalue weighted by Crippen LogP contribution is -2.06. The minimum atomic E-state index is -0.195. The molecule has 0 saturated heterocycles. The monoisotopic (exact) mass is 452 g/mol. The van der Waals surface area contributed by atoms with Gasteiger partial charge in [-0.2, -0.15) is 5.10 Å². The Morgan fingerprint density at radius 2 is 2.16 bits per heavy atom. The molecule has 1 aliphatic rings. The number of halogens is 1. The van der Waals surface area contributed by atoms with E-state index in [4.69, 9.17) is 9.72 Å². The number of hydrogen-bond acceptors (Lipinski definition) is 6. The maximum atomic E-state index is 9.37. The number of hydrogen-bond donors (Lipinski definition) is 1. The summed E-state index contributed by atoms with van der Waals surface area (Å²) in [6.07, 6.45) is 3.74. The normalized spacial score (nSPS) is 13.3. The zero-order chi connectivity index (χ0) is 17.6. The fraction of sp³-hybridized carbons (Fsp3) is 0.375. The Bertz CT molecular complexity index is 933. The second-order valence-corrected chi connectivity index (χ2v) is 7.15. The highest BCUT2D eigenvalue weighted by molar-refractivity contribution is 14.1. The summed E-state index contributed by atoms with van der Waals surface area (Å²) < 4.78 is 10.5. The molecule has 4 heterocycles. The summed E-state index contributed by atoms with van der Waals surface area (Å²) in [6.45, 7) is 5.11. The molecule has 3 aromatic rings. The van der Waals surface area contributed by atoms with Gasteiger partial charge in [-0.15, -0.1) is 0 Å². The molecule has 0 saturated carbocycles. The van der Waals surface area contributed by atoms with Gasteiger partial charge in [-0.3, -0.25) is 0 Å². The molecule has 0 amide bonds. The average Bonchev–Trinajstić information content (AvgIpc) is 3.16. The van der Waals surface area contributed by atoms with Crippen LogP contribution in [0.2, 0.25) is 0 Å². The average molecular weight is 452 g/mol. The van der Waals surface area contributed by atoms with Crippen LogP contribution >= 0.6 is 22.6 Å². The third-order valence-corrected chi connectivity index (χ3v) is 4.56. The van der Waals surface area contributed by atoms with Crippen LogP contribution in [0.15, 0.2) is 18.5 Å². The summed E-state index contributed by atoms with van der Waals surface area (Å²) in [5.74, 6) is 2.64. The van der Waals surface area contributed by atoms with E-state index in [0.717, 1.165) is 26.5 Å². The smallest absolute Gasteiger partial charge is 0.179 e. The number of aliphatic hydroxyl groups excluding tert-OH is 1. The van der Waals surface area contributed by atoms with Gasteiger partial charge in [0.15, 0.2) is 11.6 Å². The first-order valence-corrected chi connectivity index (χ1v) is 9.07. The predicted octanol–water partition coefficient (Wildman–Crippen LogP) is 2.27. The second kappa shape index (κ2) is 6.37. The standard InChI is InChI=1S/C16H17IN6O2/c1-9(2)23-16(20-14(8-24)21-23)11-7-22-3-4-25-12-5-13(17)18-6-10(12)15(22)19-11/h5-7,9,24H,3-4,8H2,1-2H3. The molecule has 0 aliphatic carbocycles. The van der Waals surface area contributed by atoms with Gasteiger partial charge in [-0.25, -0.2) is 19.6 Å². The molecule has 0 atom stereocenters. The van der Waals surface area contributed by atoms with Crippen molar-refractivity contribution in [1.82, 2.24) is 29.3 Å². The molecule has 0 bridgehead atoms. The van der Waals surface area contributed by atoms with Gasteiger partial charge in [0.2, 0.25) is 0 Å². The number of fused-ring (bicyclic) bond motifs is 3. The van der Waals surface area contributed by atoms with E-state index in [1.165, 1.54) is 0 Å². The summed E-state index contributed by atoms with van der Waals surface area (Å²) in [4.78, 5) is 13.6. The van der Waals surface area contributed by atoms with E-state index in [1.807, 2.05) is 30.7 Å². The zero-order valence-electron chi connectivity index (χ0n) is 13.8. The molecule has 0 fully saturated rings. The molecular weight excluding hydrogens is 435 g/mol. The Kier molecular flexibility index (Phi) is 4.20. The Morgan fingerprint density at radius 3 is 2.92 bits per heavy atom. The number of imidazole rings is 1. The highest BCUT2D eigenvalue weighted by Crippen LogP contribution is 2.34. The van der Waals surface area contributed by atoms with Crippen molar-refractivity contribution in [3.8, 4) is 28.7 Å². The van der Waals surface area contributed by atoms with Crippen LogP contribution in [0.3, 0.4) is 0 Å². The van der Waals surface area contributed by atoms with E-state index in [0.29, 0.717) is 24.8 Å². The summed E-state index contributed by atoms with van der Waals surface area (Å²) in [6, 6.07) is 2.03. The zero-order valence-corrected chi connectivity index (χ0v) is 16.0. The van der Waals surface area contributed by atoms with Crippen LogP contribution in [0, 0.1) is 3.70 Å². The van der Waals surface area contributed by atoms with Crippen LogP contribution in [0.5, 0.6) is 5.75 Å². The van der Waals surface area contributed by atoms with E-state index in [9.17, 15) is 5.11 Å². The lowest BCUT2D eigenvalue weighted by Gasteiger charge is -2.07. The van der Waals surface area contributed by atoms with Gasteiger partial charge in [0.05, 0.1) is 12.1 Å². The van der Waals surface area contributed by atoms with E-state index in [2.05, 4.69) is 37.7 Å². The molecule has 9 heteroatoms. The molecule has 1 aliphatic heterocycles. The first kappa shape index (κ1) is 16.5. The summed E-state index contributed by atoms with van der Waals surface area (Å²) >= 11 is 2.17. The number of aliphatic hydroxyl groups is 1. The molecule has 0 radical (unpaired) electrons. The largest absolute Gasteiger partial charge is 0.491 e. The SMILES string of the molecule is CC(C)n1nc(CO)nc1-c1cn2c(n1)-c1cnc(I)cc1OCC2. The van der Waals surface area contributed by atoms with Crippen LogP contribution < -0.4 is 4.74 Å². The van der Waals surface area contributed by atoms with Crippen molar-refractivity contribution in [2.75, 3.05) is 6.61 Å².